The van der Waals surface area contributed by atoms with Crippen molar-refractivity contribution in [1.82, 2.24) is 0 Å². The Labute approximate surface area is 274 Å². The summed E-state index contributed by atoms with van der Waals surface area (Å²) in [4.78, 5) is 39.2. The van der Waals surface area contributed by atoms with Crippen molar-refractivity contribution in [3.05, 3.63) is 23.8 Å². The van der Waals surface area contributed by atoms with Crippen molar-refractivity contribution in [3.8, 4) is 0 Å². The number of aliphatic hydroxyl groups excluding tert-OH is 1. The number of aliphatic hydroxyl groups is 1. The van der Waals surface area contributed by atoms with Gasteiger partial charge in [-0.15, -0.1) is 0 Å². The molecule has 2 N–H and O–H groups in total. The highest BCUT2D eigenvalue weighted by molar-refractivity contribution is 5.87. The number of fused-ring (bicyclic) bond motifs is 4. The molecular weight excluding hydrogens is 588 g/mol. The van der Waals surface area contributed by atoms with Crippen LogP contribution in [-0.4, -0.2) is 66.9 Å². The number of ether oxygens (including phenoxy) is 4. The van der Waals surface area contributed by atoms with Gasteiger partial charge in [-0.2, -0.15) is 0 Å². The van der Waals surface area contributed by atoms with Crippen LogP contribution in [0.25, 0.3) is 0 Å². The lowest BCUT2D eigenvalue weighted by atomic mass is 9.48. The maximum atomic E-state index is 14.2. The van der Waals surface area contributed by atoms with Gasteiger partial charge in [0.2, 0.25) is 0 Å². The van der Waals surface area contributed by atoms with E-state index in [1.165, 1.54) is 7.11 Å². The molecule has 9 nitrogen and oxygen atoms in total. The summed E-state index contributed by atoms with van der Waals surface area (Å²) in [5.74, 6) is -3.71. The van der Waals surface area contributed by atoms with E-state index in [9.17, 15) is 24.6 Å². The summed E-state index contributed by atoms with van der Waals surface area (Å²) in [6, 6.07) is 0. The van der Waals surface area contributed by atoms with E-state index < -0.39 is 48.7 Å². The zero-order valence-electron chi connectivity index (χ0n) is 28.9. The average Bonchev–Trinajstić information content (AvgIpc) is 3.33. The second kappa shape index (κ2) is 12.7. The standard InChI is InChI=1S/C37H56O9/c1-21-10-12-26-34(2,3)14-9-15-36(26,6)25(21)20-44-30(24(16-28(38)39)31(40)43-8)33(42)46-23-17-35(4,5)27-13-11-22-19-45-32(41)29(22)37(27,7)18-23/h11,23-27,29-30,32,41H,1,9-10,12-20H2,2-8H3,(H,38,39)/t23-,24-,25-,26-,27-,29+,30+,32+,36+,37-/m0/s1. The van der Waals surface area contributed by atoms with E-state index in [0.717, 1.165) is 49.7 Å². The molecule has 0 aromatic heterocycles. The van der Waals surface area contributed by atoms with Crippen LogP contribution in [0.3, 0.4) is 0 Å². The second-order valence-corrected chi connectivity index (χ2v) is 16.8. The zero-order valence-corrected chi connectivity index (χ0v) is 28.9. The Morgan fingerprint density at radius 1 is 1.02 bits per heavy atom. The van der Waals surface area contributed by atoms with Crippen molar-refractivity contribution >= 4 is 17.9 Å². The smallest absolute Gasteiger partial charge is 0.336 e. The monoisotopic (exact) mass is 644 g/mol. The van der Waals surface area contributed by atoms with Crippen LogP contribution in [0.5, 0.6) is 0 Å². The number of methoxy groups -OCH3 is 1. The lowest BCUT2D eigenvalue weighted by Gasteiger charge is -2.58. The van der Waals surface area contributed by atoms with Crippen molar-refractivity contribution in [2.45, 2.75) is 118 Å². The fourth-order valence-electron chi connectivity index (χ4n) is 11.1. The van der Waals surface area contributed by atoms with Gasteiger partial charge in [0.25, 0.3) is 0 Å². The number of esters is 2. The molecule has 10 atom stereocenters. The molecule has 0 amide bonds. The van der Waals surface area contributed by atoms with Gasteiger partial charge in [-0.3, -0.25) is 9.59 Å². The van der Waals surface area contributed by atoms with E-state index in [4.69, 9.17) is 18.9 Å². The summed E-state index contributed by atoms with van der Waals surface area (Å²) in [6.45, 7) is 18.4. The van der Waals surface area contributed by atoms with Crippen LogP contribution in [0.4, 0.5) is 0 Å². The quantitative estimate of drug-likeness (QED) is 0.227. The normalized spacial score (nSPS) is 39.1. The fourth-order valence-corrected chi connectivity index (χ4v) is 11.1. The highest BCUT2D eigenvalue weighted by Gasteiger charge is 2.60. The number of aliphatic carboxylic acids is 1. The molecule has 1 aliphatic heterocycles. The number of carbonyl (C=O) groups excluding carboxylic acids is 2. The van der Waals surface area contributed by atoms with Crippen LogP contribution in [0.1, 0.15) is 99.3 Å². The van der Waals surface area contributed by atoms with Crippen LogP contribution in [0.2, 0.25) is 0 Å². The van der Waals surface area contributed by atoms with Crippen LogP contribution in [0, 0.1) is 51.2 Å². The summed E-state index contributed by atoms with van der Waals surface area (Å²) >= 11 is 0. The molecule has 9 heteroatoms. The minimum Gasteiger partial charge on any atom is -0.481 e. The molecule has 5 aliphatic rings. The van der Waals surface area contributed by atoms with E-state index in [2.05, 4.69) is 54.2 Å². The largest absolute Gasteiger partial charge is 0.481 e. The average molecular weight is 645 g/mol. The van der Waals surface area contributed by atoms with Gasteiger partial charge in [0.15, 0.2) is 12.4 Å². The highest BCUT2D eigenvalue weighted by atomic mass is 16.6. The summed E-state index contributed by atoms with van der Waals surface area (Å²) in [6.07, 6.45) is 5.85. The maximum Gasteiger partial charge on any atom is 0.336 e. The molecule has 0 radical (unpaired) electrons. The third kappa shape index (κ3) is 6.21. The Bertz CT molecular complexity index is 1250. The molecule has 0 aromatic rings. The predicted molar refractivity (Wildman–Crippen MR) is 171 cm³/mol. The lowest BCUT2D eigenvalue weighted by molar-refractivity contribution is -0.192. The van der Waals surface area contributed by atoms with Crippen molar-refractivity contribution in [1.29, 1.82) is 0 Å². The number of carbonyl (C=O) groups is 3. The van der Waals surface area contributed by atoms with Crippen molar-refractivity contribution in [2.75, 3.05) is 20.3 Å². The first kappa shape index (κ1) is 35.1. The third-order valence-electron chi connectivity index (χ3n) is 13.1. The molecule has 4 fully saturated rings. The number of allylic oxidation sites excluding steroid dienone is 1. The molecule has 1 saturated heterocycles. The summed E-state index contributed by atoms with van der Waals surface area (Å²) < 4.78 is 23.3. The summed E-state index contributed by atoms with van der Waals surface area (Å²) in [5, 5.41) is 20.6. The Kier molecular flexibility index (Phi) is 9.66. The Hall–Kier alpha value is -2.23. The van der Waals surface area contributed by atoms with Crippen LogP contribution < -0.4 is 0 Å². The van der Waals surface area contributed by atoms with Gasteiger partial charge in [-0.05, 0) is 84.0 Å². The molecule has 1 heterocycles. The fraction of sp³-hybridized carbons (Fsp3) is 0.811. The van der Waals surface area contributed by atoms with Gasteiger partial charge in [-0.1, -0.05) is 66.2 Å². The number of carboxylic acid groups (broad SMARTS) is 1. The number of hydrogen-bond acceptors (Lipinski definition) is 8. The first-order valence-electron chi connectivity index (χ1n) is 17.2. The Morgan fingerprint density at radius 3 is 2.41 bits per heavy atom. The van der Waals surface area contributed by atoms with Gasteiger partial charge >= 0.3 is 17.9 Å². The minimum absolute atomic E-state index is 0.0474. The SMILES string of the molecule is C=C1CC[C@H]2C(C)(C)CCC[C@]2(C)[C@H]1CO[C@@H](C(=O)O[C@H]1CC(C)(C)[C@@H]2CC=C3CO[C@@H](O)[C@@H]3[C@@]2(C)C1)[C@H](CC(=O)O)C(=O)OC. The van der Waals surface area contributed by atoms with E-state index in [0.29, 0.717) is 25.4 Å². The second-order valence-electron chi connectivity index (χ2n) is 16.8. The first-order chi connectivity index (χ1) is 21.4. The van der Waals surface area contributed by atoms with Gasteiger partial charge in [0.05, 0.1) is 26.7 Å². The maximum absolute atomic E-state index is 14.2. The molecule has 0 spiro atoms. The van der Waals surface area contributed by atoms with Crippen molar-refractivity contribution < 1.29 is 43.5 Å². The van der Waals surface area contributed by atoms with Crippen LogP contribution in [-0.2, 0) is 33.3 Å². The highest BCUT2D eigenvalue weighted by Crippen LogP contribution is 2.63. The van der Waals surface area contributed by atoms with Gasteiger partial charge < -0.3 is 29.2 Å². The Morgan fingerprint density at radius 2 is 1.74 bits per heavy atom. The zero-order chi connectivity index (χ0) is 33.8. The minimum atomic E-state index is -1.45. The number of carboxylic acids is 1. The molecule has 5 rings (SSSR count). The molecule has 0 bridgehead atoms. The van der Waals surface area contributed by atoms with Crippen LogP contribution in [0.15, 0.2) is 23.8 Å². The number of hydrogen-bond donors (Lipinski definition) is 2. The molecule has 3 saturated carbocycles. The lowest BCUT2D eigenvalue weighted by Crippen LogP contribution is -2.55. The topological polar surface area (TPSA) is 129 Å². The molecule has 4 aliphatic carbocycles. The molecule has 258 valence electrons. The van der Waals surface area contributed by atoms with Gasteiger partial charge in [0.1, 0.15) is 12.0 Å². The number of rotatable bonds is 9. The molecule has 0 unspecified atom stereocenters. The van der Waals surface area contributed by atoms with E-state index in [1.54, 1.807) is 0 Å². The summed E-state index contributed by atoms with van der Waals surface area (Å²) in [5.41, 5.74) is 1.63. The Balaban J connectivity index is 1.41. The summed E-state index contributed by atoms with van der Waals surface area (Å²) in [7, 11) is 1.19. The van der Waals surface area contributed by atoms with Crippen molar-refractivity contribution in [2.24, 2.45) is 51.2 Å². The van der Waals surface area contributed by atoms with Crippen LogP contribution >= 0.6 is 0 Å². The van der Waals surface area contributed by atoms with E-state index in [-0.39, 0.29) is 46.0 Å². The molecule has 0 aromatic carbocycles. The van der Waals surface area contributed by atoms with Gasteiger partial charge in [-0.25, -0.2) is 4.79 Å². The van der Waals surface area contributed by atoms with E-state index in [1.807, 2.05) is 0 Å². The van der Waals surface area contributed by atoms with E-state index >= 15 is 0 Å². The predicted octanol–water partition coefficient (Wildman–Crippen LogP) is 6.08. The molecule has 46 heavy (non-hydrogen) atoms. The molecular formula is C37H56O9. The van der Waals surface area contributed by atoms with Gasteiger partial charge in [0, 0.05) is 11.8 Å². The third-order valence-corrected chi connectivity index (χ3v) is 13.1. The first-order valence-corrected chi connectivity index (χ1v) is 17.2. The van der Waals surface area contributed by atoms with Crippen molar-refractivity contribution in [3.63, 3.8) is 0 Å².